The Morgan fingerprint density at radius 2 is 1.94 bits per heavy atom. The minimum Gasteiger partial charge on any atom is -0.489 e. The van der Waals surface area contributed by atoms with Gasteiger partial charge in [0.05, 0.1) is 6.10 Å². The van der Waals surface area contributed by atoms with Gasteiger partial charge in [-0.05, 0) is 88.4 Å². The van der Waals surface area contributed by atoms with Crippen molar-refractivity contribution in [3.63, 3.8) is 0 Å². The highest BCUT2D eigenvalue weighted by molar-refractivity contribution is 7.89. The van der Waals surface area contributed by atoms with Crippen molar-refractivity contribution in [3.05, 3.63) is 23.8 Å². The normalized spacial score (nSPS) is 27.5. The third-order valence-corrected chi connectivity index (χ3v) is 9.55. The van der Waals surface area contributed by atoms with Crippen molar-refractivity contribution in [3.8, 4) is 5.75 Å². The molecule has 2 saturated carbocycles. The van der Waals surface area contributed by atoms with E-state index >= 15 is 0 Å². The van der Waals surface area contributed by atoms with Crippen LogP contribution in [0, 0.1) is 12.8 Å². The van der Waals surface area contributed by atoms with Crippen LogP contribution < -0.4 is 10.1 Å². The molecule has 1 atom stereocenters. The smallest absolute Gasteiger partial charge is 0.322 e. The summed E-state index contributed by atoms with van der Waals surface area (Å²) in [6.45, 7) is 2.87. The van der Waals surface area contributed by atoms with Crippen molar-refractivity contribution in [2.45, 2.75) is 100 Å². The number of aryl methyl sites for hydroxylation is 1. The number of nitrogens with zero attached hydrogens (tertiary/aromatic N) is 1. The third kappa shape index (κ3) is 6.32. The molecule has 1 heterocycles. The molecule has 3 fully saturated rings. The Bertz CT molecular complexity index is 1000. The van der Waals surface area contributed by atoms with Crippen molar-refractivity contribution in [1.82, 2.24) is 9.62 Å². The van der Waals surface area contributed by atoms with Gasteiger partial charge in [0.25, 0.3) is 0 Å². The molecule has 1 saturated heterocycles. The molecule has 7 nitrogen and oxygen atoms in total. The number of nitrogens with one attached hydrogen (secondary N) is 1. The van der Waals surface area contributed by atoms with E-state index in [1.165, 1.54) is 6.07 Å². The van der Waals surface area contributed by atoms with Gasteiger partial charge in [-0.25, -0.2) is 17.2 Å². The summed E-state index contributed by atoms with van der Waals surface area (Å²) < 4.78 is 60.3. The molecular weight excluding hydrogens is 478 g/mol. The number of rotatable bonds is 10. The highest BCUT2D eigenvalue weighted by atomic mass is 32.2. The van der Waals surface area contributed by atoms with Gasteiger partial charge in [-0.15, -0.1) is 0 Å². The quantitative estimate of drug-likeness (QED) is 0.451. The fourth-order valence-electron chi connectivity index (χ4n) is 5.45. The molecule has 1 aromatic rings. The third-order valence-electron chi connectivity index (χ3n) is 7.60. The van der Waals surface area contributed by atoms with Gasteiger partial charge in [-0.1, -0.05) is 6.07 Å². The lowest BCUT2D eigenvalue weighted by molar-refractivity contribution is -0.140. The van der Waals surface area contributed by atoms with E-state index in [9.17, 15) is 27.1 Å². The first-order chi connectivity index (χ1) is 16.5. The lowest BCUT2D eigenvalue weighted by atomic mass is 9.79. The molecule has 0 aromatic heterocycles. The second-order valence-corrected chi connectivity index (χ2v) is 12.2. The van der Waals surface area contributed by atoms with Gasteiger partial charge in [0, 0.05) is 25.4 Å². The number of halogens is 2. The predicted octanol–water partition coefficient (Wildman–Crippen LogP) is 4.34. The molecule has 4 rings (SSSR count). The van der Waals surface area contributed by atoms with E-state index in [1.54, 1.807) is 12.1 Å². The van der Waals surface area contributed by atoms with Crippen molar-refractivity contribution in [2.75, 3.05) is 13.1 Å². The van der Waals surface area contributed by atoms with E-state index in [4.69, 9.17) is 4.74 Å². The summed E-state index contributed by atoms with van der Waals surface area (Å²) in [4.78, 5) is 11.6. The van der Waals surface area contributed by atoms with Crippen LogP contribution in [0.3, 0.4) is 0 Å². The molecule has 35 heavy (non-hydrogen) atoms. The average molecular weight is 515 g/mol. The second-order valence-electron chi connectivity index (χ2n) is 10.4. The summed E-state index contributed by atoms with van der Waals surface area (Å²) in [7, 11) is -3.99. The number of sulfonamides is 1. The van der Waals surface area contributed by atoms with E-state index in [0.717, 1.165) is 42.1 Å². The number of carboxylic acid groups (broad SMARTS) is 1. The minimum atomic E-state index is -3.99. The molecule has 10 heteroatoms. The highest BCUT2D eigenvalue weighted by Gasteiger charge is 2.41. The van der Waals surface area contributed by atoms with Crippen LogP contribution in [0.2, 0.25) is 0 Å². The summed E-state index contributed by atoms with van der Waals surface area (Å²) in [6.07, 6.45) is 5.41. The summed E-state index contributed by atoms with van der Waals surface area (Å²) in [5.41, 5.74) is 0.873. The largest absolute Gasteiger partial charge is 0.489 e. The Labute approximate surface area is 206 Å². The van der Waals surface area contributed by atoms with Gasteiger partial charge in [0.2, 0.25) is 15.9 Å². The van der Waals surface area contributed by atoms with Crippen LogP contribution in [0.4, 0.5) is 8.78 Å². The van der Waals surface area contributed by atoms with Crippen LogP contribution in [-0.2, 0) is 14.8 Å². The Morgan fingerprint density at radius 1 is 1.23 bits per heavy atom. The molecule has 1 aliphatic heterocycles. The summed E-state index contributed by atoms with van der Waals surface area (Å²) in [6, 6.07) is 4.07. The van der Waals surface area contributed by atoms with Gasteiger partial charge in [-0.3, -0.25) is 4.79 Å². The van der Waals surface area contributed by atoms with Crippen LogP contribution >= 0.6 is 0 Å². The molecule has 0 amide bonds. The number of hydrogen-bond acceptors (Lipinski definition) is 5. The van der Waals surface area contributed by atoms with Crippen molar-refractivity contribution in [2.24, 2.45) is 5.92 Å². The summed E-state index contributed by atoms with van der Waals surface area (Å²) in [5, 5.41) is 12.8. The molecule has 0 spiro atoms. The zero-order valence-electron chi connectivity index (χ0n) is 20.2. The first-order valence-electron chi connectivity index (χ1n) is 12.7. The Hall–Kier alpha value is -1.78. The predicted molar refractivity (Wildman–Crippen MR) is 127 cm³/mol. The lowest BCUT2D eigenvalue weighted by Crippen LogP contribution is -2.41. The molecule has 2 aliphatic carbocycles. The Kier molecular flexibility index (Phi) is 8.02. The van der Waals surface area contributed by atoms with Crippen LogP contribution in [0.5, 0.6) is 5.75 Å². The molecule has 1 aromatic carbocycles. The zero-order chi connectivity index (χ0) is 25.2. The van der Waals surface area contributed by atoms with E-state index < -0.39 is 28.0 Å². The van der Waals surface area contributed by atoms with Crippen LogP contribution in [0.1, 0.15) is 69.8 Å². The highest BCUT2D eigenvalue weighted by Crippen LogP contribution is 2.38. The number of aliphatic carboxylic acids is 1. The standard InChI is InChI=1S/C25H36F2N2O5S/c1-17-6-7-23(35(32,33)29-13-3-5-21(29)24(30)31)22(14-17)34-20-15-18(16-20)4-2-12-28-19-8-10-25(26,27)11-9-19/h6-7,14,18-21,28H,2-5,8-13,15-16H2,1H3,(H,30,31)/t18?,20?,21-/m0/s1. The van der Waals surface area contributed by atoms with Gasteiger partial charge in [0.1, 0.15) is 16.7 Å². The first-order valence-corrected chi connectivity index (χ1v) is 14.1. The first kappa shape index (κ1) is 26.3. The zero-order valence-corrected chi connectivity index (χ0v) is 21.0. The van der Waals surface area contributed by atoms with Crippen LogP contribution in [0.25, 0.3) is 0 Å². The Balaban J connectivity index is 1.26. The number of ether oxygens (including phenoxy) is 1. The number of carbonyl (C=O) groups is 1. The number of hydrogen-bond donors (Lipinski definition) is 2. The average Bonchev–Trinajstić information content (AvgIpc) is 3.27. The van der Waals surface area contributed by atoms with E-state index in [0.29, 0.717) is 37.4 Å². The van der Waals surface area contributed by atoms with Crippen LogP contribution in [-0.4, -0.2) is 61.0 Å². The molecule has 0 bridgehead atoms. The minimum absolute atomic E-state index is 0.0296. The van der Waals surface area contributed by atoms with Crippen molar-refractivity contribution < 1.29 is 31.8 Å². The maximum atomic E-state index is 13.3. The van der Waals surface area contributed by atoms with Gasteiger partial charge in [0.15, 0.2) is 0 Å². The summed E-state index contributed by atoms with van der Waals surface area (Å²) >= 11 is 0. The summed E-state index contributed by atoms with van der Waals surface area (Å²) in [5.74, 6) is -2.84. The molecule has 196 valence electrons. The Morgan fingerprint density at radius 3 is 2.63 bits per heavy atom. The van der Waals surface area contributed by atoms with E-state index in [2.05, 4.69) is 5.32 Å². The molecule has 0 unspecified atom stereocenters. The second kappa shape index (κ2) is 10.7. The fraction of sp³-hybridized carbons (Fsp3) is 0.720. The van der Waals surface area contributed by atoms with E-state index in [1.807, 2.05) is 6.92 Å². The number of carboxylic acids is 1. The molecule has 2 N–H and O–H groups in total. The van der Waals surface area contributed by atoms with Gasteiger partial charge >= 0.3 is 5.97 Å². The van der Waals surface area contributed by atoms with Crippen molar-refractivity contribution >= 4 is 16.0 Å². The molecular formula is C25H36F2N2O5S. The maximum Gasteiger partial charge on any atom is 0.322 e. The maximum absolute atomic E-state index is 13.3. The lowest BCUT2D eigenvalue weighted by Gasteiger charge is -2.36. The van der Waals surface area contributed by atoms with Gasteiger partial charge in [-0.2, -0.15) is 4.31 Å². The van der Waals surface area contributed by atoms with Crippen LogP contribution in [0.15, 0.2) is 23.1 Å². The molecule has 0 radical (unpaired) electrons. The number of alkyl halides is 2. The molecule has 3 aliphatic rings. The fourth-order valence-corrected chi connectivity index (χ4v) is 7.20. The topological polar surface area (TPSA) is 95.9 Å². The SMILES string of the molecule is Cc1ccc(S(=O)(=O)N2CCC[C@H]2C(=O)O)c(OC2CC(CCCNC3CCC(F)(F)CC3)C2)c1. The monoisotopic (exact) mass is 514 g/mol. The van der Waals surface area contributed by atoms with Crippen molar-refractivity contribution in [1.29, 1.82) is 0 Å². The van der Waals surface area contributed by atoms with E-state index in [-0.39, 0.29) is 36.4 Å². The van der Waals surface area contributed by atoms with Gasteiger partial charge < -0.3 is 15.2 Å². The number of benzene rings is 1.